The van der Waals surface area contributed by atoms with Crippen molar-refractivity contribution < 1.29 is 9.53 Å². The molecule has 1 aliphatic rings. The van der Waals surface area contributed by atoms with E-state index in [1.807, 2.05) is 31.7 Å². The fourth-order valence-electron chi connectivity index (χ4n) is 5.13. The van der Waals surface area contributed by atoms with E-state index in [0.717, 1.165) is 12.8 Å². The second-order valence-corrected chi connectivity index (χ2v) is 11.1. The Bertz CT molecular complexity index is 1800. The molecule has 4 aromatic rings. The van der Waals surface area contributed by atoms with Crippen LogP contribution in [0.15, 0.2) is 40.2 Å². The van der Waals surface area contributed by atoms with E-state index >= 15 is 0 Å². The number of ether oxygens (including phenoxy) is 1. The first-order chi connectivity index (χ1) is 19.6. The lowest BCUT2D eigenvalue weighted by Gasteiger charge is -2.34. The van der Waals surface area contributed by atoms with Gasteiger partial charge in [0, 0.05) is 44.1 Å². The van der Waals surface area contributed by atoms with E-state index in [1.54, 1.807) is 43.1 Å². The maximum absolute atomic E-state index is 14.0. The molecule has 0 bridgehead atoms. The molecule has 1 aliphatic heterocycles. The minimum Gasteiger partial charge on any atom is -0.444 e. The van der Waals surface area contributed by atoms with Gasteiger partial charge in [-0.15, -0.1) is 5.92 Å². The van der Waals surface area contributed by atoms with E-state index < -0.39 is 22.9 Å². The van der Waals surface area contributed by atoms with Gasteiger partial charge in [-0.3, -0.25) is 28.5 Å². The van der Waals surface area contributed by atoms with Crippen molar-refractivity contribution in [3.05, 3.63) is 57.0 Å². The number of hydrogen-bond acceptors (Lipinski definition) is 8. The largest absolute Gasteiger partial charge is 0.444 e. The number of piperidine rings is 1. The zero-order valence-corrected chi connectivity index (χ0v) is 24.0. The first-order valence-electron chi connectivity index (χ1n) is 13.6. The average molecular weight is 559 g/mol. The second kappa shape index (κ2) is 11.1. The maximum atomic E-state index is 14.0. The van der Waals surface area contributed by atoms with Crippen LogP contribution in [0, 0.1) is 11.8 Å². The van der Waals surface area contributed by atoms with E-state index in [4.69, 9.17) is 9.72 Å². The molecule has 0 radical (unpaired) electrons. The molecule has 1 saturated heterocycles. The Morgan fingerprint density at radius 1 is 1.17 bits per heavy atom. The molecule has 12 heteroatoms. The van der Waals surface area contributed by atoms with Crippen molar-refractivity contribution in [2.75, 3.05) is 18.0 Å². The number of nitrogens with zero attached hydrogens (tertiary/aromatic N) is 7. The Kier molecular flexibility index (Phi) is 7.53. The van der Waals surface area contributed by atoms with Crippen LogP contribution in [-0.2, 0) is 24.9 Å². The monoisotopic (exact) mass is 558 g/mol. The minimum absolute atomic E-state index is 0.0308. The first-order valence-corrected chi connectivity index (χ1v) is 13.6. The van der Waals surface area contributed by atoms with Gasteiger partial charge in [-0.05, 0) is 58.7 Å². The van der Waals surface area contributed by atoms with E-state index in [9.17, 15) is 14.4 Å². The van der Waals surface area contributed by atoms with Gasteiger partial charge in [-0.2, -0.15) is 4.98 Å². The molecule has 5 rings (SSSR count). The number of aromatic nitrogens is 6. The summed E-state index contributed by atoms with van der Waals surface area (Å²) in [6, 6.07) is 5.23. The second-order valence-electron chi connectivity index (χ2n) is 11.1. The fraction of sp³-hybridized carbons (Fsp3) is 0.448. The zero-order valence-electron chi connectivity index (χ0n) is 24.0. The summed E-state index contributed by atoms with van der Waals surface area (Å²) in [7, 11) is 1.61. The van der Waals surface area contributed by atoms with Gasteiger partial charge in [0.2, 0.25) is 5.95 Å². The summed E-state index contributed by atoms with van der Waals surface area (Å²) in [4.78, 5) is 55.5. The summed E-state index contributed by atoms with van der Waals surface area (Å²) in [5.41, 5.74) is 1.05. The number of aryl methyl sites for hydroxylation is 1. The lowest BCUT2D eigenvalue weighted by molar-refractivity contribution is 0.0499. The van der Waals surface area contributed by atoms with Crippen molar-refractivity contribution in [2.24, 2.45) is 7.05 Å². The molecule has 0 aromatic carbocycles. The van der Waals surface area contributed by atoms with E-state index in [0.29, 0.717) is 41.2 Å². The highest BCUT2D eigenvalue weighted by atomic mass is 16.6. The van der Waals surface area contributed by atoms with Gasteiger partial charge in [-0.1, -0.05) is 5.92 Å². The van der Waals surface area contributed by atoms with Crippen molar-refractivity contribution in [1.82, 2.24) is 34.0 Å². The van der Waals surface area contributed by atoms with E-state index in [2.05, 4.69) is 27.1 Å². The highest BCUT2D eigenvalue weighted by Gasteiger charge is 2.29. The molecule has 5 heterocycles. The predicted octanol–water partition coefficient (Wildman–Crippen LogP) is 2.41. The Hall–Kier alpha value is -4.66. The summed E-state index contributed by atoms with van der Waals surface area (Å²) in [6.45, 7) is 8.59. The summed E-state index contributed by atoms with van der Waals surface area (Å²) < 4.78 is 9.81. The van der Waals surface area contributed by atoms with Crippen molar-refractivity contribution >= 4 is 34.2 Å². The zero-order chi connectivity index (χ0) is 29.3. The number of carbonyl (C=O) groups is 1. The number of anilines is 1. The molecule has 1 atom stereocenters. The SMILES string of the molecule is CC#CCn1c(N2CCC[C@@H](NC(=O)OC(C)(C)C)C2)nc2c1c(=O)n(Cc1ccnc3cccnc13)c(=O)n2C. The normalized spacial score (nSPS) is 15.5. The van der Waals surface area contributed by atoms with Gasteiger partial charge in [0.05, 0.1) is 24.1 Å². The van der Waals surface area contributed by atoms with E-state index in [-0.39, 0.29) is 24.8 Å². The number of alkyl carbamates (subject to hydrolysis) is 1. The number of carbonyl (C=O) groups excluding carboxylic acids is 1. The van der Waals surface area contributed by atoms with Crippen LogP contribution in [0.25, 0.3) is 22.2 Å². The molecule has 1 amide bonds. The summed E-state index contributed by atoms with van der Waals surface area (Å²) in [6.07, 6.45) is 4.41. The fourth-order valence-corrected chi connectivity index (χ4v) is 5.13. The summed E-state index contributed by atoms with van der Waals surface area (Å²) >= 11 is 0. The summed E-state index contributed by atoms with van der Waals surface area (Å²) in [5, 5.41) is 2.95. The van der Waals surface area contributed by atoms with Gasteiger partial charge in [0.1, 0.15) is 5.60 Å². The van der Waals surface area contributed by atoms with Crippen LogP contribution in [-0.4, -0.2) is 59.5 Å². The molecule has 4 aromatic heterocycles. The van der Waals surface area contributed by atoms with Crippen molar-refractivity contribution in [3.8, 4) is 11.8 Å². The van der Waals surface area contributed by atoms with Crippen LogP contribution in [0.3, 0.4) is 0 Å². The highest BCUT2D eigenvalue weighted by Crippen LogP contribution is 2.24. The molecule has 1 N–H and O–H groups in total. The topological polar surface area (TPSA) is 129 Å². The van der Waals surface area contributed by atoms with E-state index in [1.165, 1.54) is 9.13 Å². The standard InChI is InChI=1S/C29H34N8O4/c1-6-7-16-36-23-24(33-26(36)35-15-9-10-20(18-35)32-27(39)41-29(2,3)4)34(5)28(40)37(25(23)38)17-19-12-14-30-21-11-8-13-31-22(19)21/h8,11-14,20H,9-10,15-18H2,1-5H3,(H,32,39)/t20-/m1/s1. The molecule has 0 saturated carbocycles. The molecule has 0 aliphatic carbocycles. The highest BCUT2D eigenvalue weighted by molar-refractivity contribution is 5.78. The first kappa shape index (κ1) is 27.9. The molecular formula is C29H34N8O4. The van der Waals surface area contributed by atoms with Crippen LogP contribution in [0.1, 0.15) is 46.1 Å². The summed E-state index contributed by atoms with van der Waals surface area (Å²) in [5.74, 6) is 6.47. The molecule has 41 heavy (non-hydrogen) atoms. The molecule has 0 spiro atoms. The number of fused-ring (bicyclic) bond motifs is 2. The lowest BCUT2D eigenvalue weighted by Crippen LogP contribution is -2.49. The Labute approximate surface area is 237 Å². The number of amides is 1. The number of imidazole rings is 1. The molecule has 214 valence electrons. The maximum Gasteiger partial charge on any atom is 0.407 e. The molecule has 1 fully saturated rings. The van der Waals surface area contributed by atoms with Crippen molar-refractivity contribution in [3.63, 3.8) is 0 Å². The van der Waals surface area contributed by atoms with Crippen LogP contribution < -0.4 is 21.5 Å². The molecule has 12 nitrogen and oxygen atoms in total. The van der Waals surface area contributed by atoms with Crippen LogP contribution in [0.5, 0.6) is 0 Å². The number of hydrogen-bond donors (Lipinski definition) is 1. The van der Waals surface area contributed by atoms with Gasteiger partial charge >= 0.3 is 11.8 Å². The molecular weight excluding hydrogens is 524 g/mol. The Morgan fingerprint density at radius 3 is 2.73 bits per heavy atom. The third-order valence-corrected chi connectivity index (χ3v) is 6.96. The van der Waals surface area contributed by atoms with Crippen molar-refractivity contribution in [1.29, 1.82) is 0 Å². The van der Waals surface area contributed by atoms with Gasteiger partial charge in [0.25, 0.3) is 5.56 Å². The number of pyridine rings is 2. The quantitative estimate of drug-likeness (QED) is 0.370. The van der Waals surface area contributed by atoms with Crippen LogP contribution in [0.2, 0.25) is 0 Å². The third kappa shape index (κ3) is 5.66. The Morgan fingerprint density at radius 2 is 1.98 bits per heavy atom. The Balaban J connectivity index is 1.56. The van der Waals surface area contributed by atoms with Gasteiger partial charge in [0.15, 0.2) is 11.2 Å². The third-order valence-electron chi connectivity index (χ3n) is 6.96. The number of nitrogens with one attached hydrogen (secondary N) is 1. The van der Waals surface area contributed by atoms with Gasteiger partial charge < -0.3 is 15.0 Å². The van der Waals surface area contributed by atoms with Crippen LogP contribution in [0.4, 0.5) is 10.7 Å². The average Bonchev–Trinajstić information content (AvgIpc) is 3.32. The number of rotatable bonds is 5. The van der Waals surface area contributed by atoms with Gasteiger partial charge in [-0.25, -0.2) is 9.59 Å². The predicted molar refractivity (Wildman–Crippen MR) is 156 cm³/mol. The van der Waals surface area contributed by atoms with Crippen molar-refractivity contribution in [2.45, 2.75) is 65.3 Å². The van der Waals surface area contributed by atoms with Crippen LogP contribution >= 0.6 is 0 Å². The molecule has 0 unspecified atom stereocenters. The minimum atomic E-state index is -0.603. The lowest BCUT2D eigenvalue weighted by atomic mass is 10.1. The smallest absolute Gasteiger partial charge is 0.407 e.